The van der Waals surface area contributed by atoms with E-state index in [1.165, 1.54) is 0 Å². The lowest BCUT2D eigenvalue weighted by molar-refractivity contribution is 0.301. The number of hydrogen-bond acceptors (Lipinski definition) is 3. The number of ether oxygens (including phenoxy) is 1. The molecule has 0 amide bonds. The average Bonchev–Trinajstić information content (AvgIpc) is 2.53. The van der Waals surface area contributed by atoms with Crippen LogP contribution in [-0.4, -0.2) is 11.0 Å². The zero-order valence-electron chi connectivity index (χ0n) is 12.3. The van der Waals surface area contributed by atoms with Crippen molar-refractivity contribution in [3.63, 3.8) is 0 Å². The lowest BCUT2D eigenvalue weighted by atomic mass is 10.0. The second kappa shape index (κ2) is 6.79. The highest BCUT2D eigenvalue weighted by atomic mass is 16.5. The SMILES string of the molecule is CCc1cc(/C(N)=N/O)cc(C)c1OCc1ccccc1. The number of nitrogens with two attached hydrogens (primary N) is 1. The van der Waals surface area contributed by atoms with Crippen LogP contribution in [0.25, 0.3) is 0 Å². The molecule has 0 aliphatic heterocycles. The molecule has 110 valence electrons. The Morgan fingerprint density at radius 1 is 1.24 bits per heavy atom. The average molecular weight is 284 g/mol. The quantitative estimate of drug-likeness (QED) is 0.383. The van der Waals surface area contributed by atoms with Crippen molar-refractivity contribution >= 4 is 5.84 Å². The standard InChI is InChI=1S/C17H20N2O2/c1-3-14-10-15(17(18)19-20)9-12(2)16(14)21-11-13-7-5-4-6-8-13/h4-10,20H,3,11H2,1-2H3,(H2,18,19). The van der Waals surface area contributed by atoms with Gasteiger partial charge in [0.1, 0.15) is 12.4 Å². The van der Waals surface area contributed by atoms with Crippen molar-refractivity contribution in [2.75, 3.05) is 0 Å². The number of nitrogens with zero attached hydrogens (tertiary/aromatic N) is 1. The molecule has 2 rings (SSSR count). The van der Waals surface area contributed by atoms with Crippen molar-refractivity contribution in [3.05, 3.63) is 64.7 Å². The van der Waals surface area contributed by atoms with Gasteiger partial charge in [0, 0.05) is 5.56 Å². The first kappa shape index (κ1) is 14.9. The predicted molar refractivity (Wildman–Crippen MR) is 83.8 cm³/mol. The lowest BCUT2D eigenvalue weighted by Crippen LogP contribution is -2.14. The molecular weight excluding hydrogens is 264 g/mol. The number of rotatable bonds is 5. The van der Waals surface area contributed by atoms with E-state index in [-0.39, 0.29) is 5.84 Å². The molecule has 0 fully saturated rings. The molecule has 2 aromatic rings. The Hall–Kier alpha value is -2.49. The van der Waals surface area contributed by atoms with Crippen LogP contribution in [0.2, 0.25) is 0 Å². The van der Waals surface area contributed by atoms with Gasteiger partial charge in [0.15, 0.2) is 5.84 Å². The van der Waals surface area contributed by atoms with E-state index in [9.17, 15) is 0 Å². The maximum atomic E-state index is 8.80. The third-order valence-corrected chi connectivity index (χ3v) is 3.36. The van der Waals surface area contributed by atoms with Crippen molar-refractivity contribution in [2.45, 2.75) is 26.9 Å². The number of aryl methyl sites for hydroxylation is 2. The molecule has 0 bridgehead atoms. The van der Waals surface area contributed by atoms with Crippen LogP contribution in [0.5, 0.6) is 5.75 Å². The molecule has 3 N–H and O–H groups in total. The van der Waals surface area contributed by atoms with E-state index in [0.717, 1.165) is 28.9 Å². The van der Waals surface area contributed by atoms with Crippen LogP contribution < -0.4 is 10.5 Å². The molecule has 4 heteroatoms. The van der Waals surface area contributed by atoms with Gasteiger partial charge in [-0.3, -0.25) is 0 Å². The van der Waals surface area contributed by atoms with Gasteiger partial charge in [-0.05, 0) is 42.2 Å². The van der Waals surface area contributed by atoms with Gasteiger partial charge < -0.3 is 15.7 Å². The van der Waals surface area contributed by atoms with Crippen LogP contribution in [0, 0.1) is 6.92 Å². The first-order valence-corrected chi connectivity index (χ1v) is 6.93. The summed E-state index contributed by atoms with van der Waals surface area (Å²) in [5, 5.41) is 11.8. The van der Waals surface area contributed by atoms with Crippen molar-refractivity contribution in [3.8, 4) is 5.75 Å². The van der Waals surface area contributed by atoms with E-state index in [1.807, 2.05) is 49.4 Å². The third-order valence-electron chi connectivity index (χ3n) is 3.36. The molecule has 0 aliphatic carbocycles. The molecule has 0 heterocycles. The Morgan fingerprint density at radius 3 is 2.57 bits per heavy atom. The molecule has 0 radical (unpaired) electrons. The molecule has 0 aliphatic rings. The molecule has 0 spiro atoms. The Kier molecular flexibility index (Phi) is 4.82. The summed E-state index contributed by atoms with van der Waals surface area (Å²) in [5.74, 6) is 0.984. The van der Waals surface area contributed by atoms with Crippen molar-refractivity contribution in [2.24, 2.45) is 10.9 Å². The molecule has 0 aromatic heterocycles. The maximum Gasteiger partial charge on any atom is 0.170 e. The third kappa shape index (κ3) is 3.54. The highest BCUT2D eigenvalue weighted by molar-refractivity contribution is 5.97. The van der Waals surface area contributed by atoms with Gasteiger partial charge in [-0.15, -0.1) is 0 Å². The fourth-order valence-corrected chi connectivity index (χ4v) is 2.25. The minimum Gasteiger partial charge on any atom is -0.488 e. The molecule has 21 heavy (non-hydrogen) atoms. The topological polar surface area (TPSA) is 67.8 Å². The van der Waals surface area contributed by atoms with Gasteiger partial charge in [0.25, 0.3) is 0 Å². The Labute approximate surface area is 124 Å². The number of hydrogen-bond donors (Lipinski definition) is 2. The summed E-state index contributed by atoms with van der Waals surface area (Å²) < 4.78 is 5.97. The zero-order chi connectivity index (χ0) is 15.2. The van der Waals surface area contributed by atoms with Gasteiger partial charge in [-0.25, -0.2) is 0 Å². The molecule has 4 nitrogen and oxygen atoms in total. The van der Waals surface area contributed by atoms with E-state index in [0.29, 0.717) is 12.2 Å². The summed E-state index contributed by atoms with van der Waals surface area (Å²) in [5.41, 5.74) is 9.52. The summed E-state index contributed by atoms with van der Waals surface area (Å²) in [7, 11) is 0. The number of benzene rings is 2. The Morgan fingerprint density at radius 2 is 1.95 bits per heavy atom. The normalized spacial score (nSPS) is 11.4. The summed E-state index contributed by atoms with van der Waals surface area (Å²) in [6, 6.07) is 13.8. The summed E-state index contributed by atoms with van der Waals surface area (Å²) in [4.78, 5) is 0. The highest BCUT2D eigenvalue weighted by Crippen LogP contribution is 2.27. The lowest BCUT2D eigenvalue weighted by Gasteiger charge is -2.15. The minimum absolute atomic E-state index is 0.113. The molecule has 0 saturated carbocycles. The van der Waals surface area contributed by atoms with E-state index in [1.54, 1.807) is 0 Å². The molecule has 0 atom stereocenters. The fraction of sp³-hybridized carbons (Fsp3) is 0.235. The van der Waals surface area contributed by atoms with Crippen LogP contribution >= 0.6 is 0 Å². The fourth-order valence-electron chi connectivity index (χ4n) is 2.25. The van der Waals surface area contributed by atoms with Crippen molar-refractivity contribution in [1.82, 2.24) is 0 Å². The number of oxime groups is 1. The smallest absolute Gasteiger partial charge is 0.170 e. The van der Waals surface area contributed by atoms with Crippen LogP contribution in [-0.2, 0) is 13.0 Å². The summed E-state index contributed by atoms with van der Waals surface area (Å²) >= 11 is 0. The molecular formula is C17H20N2O2. The zero-order valence-corrected chi connectivity index (χ0v) is 12.3. The van der Waals surface area contributed by atoms with Crippen LogP contribution in [0.15, 0.2) is 47.6 Å². The van der Waals surface area contributed by atoms with E-state index >= 15 is 0 Å². The van der Waals surface area contributed by atoms with Gasteiger partial charge in [-0.1, -0.05) is 42.4 Å². The van der Waals surface area contributed by atoms with E-state index < -0.39 is 0 Å². The monoisotopic (exact) mass is 284 g/mol. The second-order valence-corrected chi connectivity index (χ2v) is 4.89. The van der Waals surface area contributed by atoms with Gasteiger partial charge in [0.2, 0.25) is 0 Å². The van der Waals surface area contributed by atoms with Crippen LogP contribution in [0.4, 0.5) is 0 Å². The Balaban J connectivity index is 2.27. The van der Waals surface area contributed by atoms with Crippen molar-refractivity contribution in [1.29, 1.82) is 0 Å². The van der Waals surface area contributed by atoms with E-state index in [2.05, 4.69) is 12.1 Å². The van der Waals surface area contributed by atoms with Gasteiger partial charge >= 0.3 is 0 Å². The molecule has 0 saturated heterocycles. The second-order valence-electron chi connectivity index (χ2n) is 4.89. The maximum absolute atomic E-state index is 8.80. The van der Waals surface area contributed by atoms with Gasteiger partial charge in [-0.2, -0.15) is 0 Å². The predicted octanol–water partition coefficient (Wildman–Crippen LogP) is 3.23. The van der Waals surface area contributed by atoms with E-state index in [4.69, 9.17) is 15.7 Å². The van der Waals surface area contributed by atoms with Crippen molar-refractivity contribution < 1.29 is 9.94 Å². The summed E-state index contributed by atoms with van der Waals surface area (Å²) in [6.45, 7) is 4.55. The highest BCUT2D eigenvalue weighted by Gasteiger charge is 2.11. The summed E-state index contributed by atoms with van der Waals surface area (Å²) in [6.07, 6.45) is 0.817. The van der Waals surface area contributed by atoms with Crippen LogP contribution in [0.1, 0.15) is 29.2 Å². The first-order chi connectivity index (χ1) is 10.2. The van der Waals surface area contributed by atoms with Gasteiger partial charge in [0.05, 0.1) is 0 Å². The Bertz CT molecular complexity index is 637. The molecule has 0 unspecified atom stereocenters. The van der Waals surface area contributed by atoms with Crippen LogP contribution in [0.3, 0.4) is 0 Å². The number of amidine groups is 1. The largest absolute Gasteiger partial charge is 0.488 e. The molecule has 2 aromatic carbocycles. The minimum atomic E-state index is 0.113. The first-order valence-electron chi connectivity index (χ1n) is 6.93.